The molecule has 2 rings (SSSR count). The minimum Gasteiger partial charge on any atom is -0.357 e. The van der Waals surface area contributed by atoms with Crippen molar-refractivity contribution in [1.29, 1.82) is 0 Å². The van der Waals surface area contributed by atoms with Gasteiger partial charge in [0.05, 0.1) is 6.54 Å². The van der Waals surface area contributed by atoms with Crippen LogP contribution in [0.25, 0.3) is 0 Å². The Morgan fingerprint density at radius 1 is 1.25 bits per heavy atom. The first kappa shape index (κ1) is 19.1. The average molecular weight is 351 g/mol. The number of hydrogen-bond donors (Lipinski definition) is 2. The molecular formula is C19H31ClN4. The van der Waals surface area contributed by atoms with Gasteiger partial charge in [-0.05, 0) is 69.4 Å². The van der Waals surface area contributed by atoms with Crippen molar-refractivity contribution in [2.24, 2.45) is 10.9 Å². The molecule has 0 radical (unpaired) electrons. The van der Waals surface area contributed by atoms with Gasteiger partial charge >= 0.3 is 0 Å². The third-order valence-electron chi connectivity index (χ3n) is 4.46. The molecule has 1 fully saturated rings. The van der Waals surface area contributed by atoms with Gasteiger partial charge in [0, 0.05) is 18.1 Å². The number of halogens is 1. The van der Waals surface area contributed by atoms with Gasteiger partial charge in [0.1, 0.15) is 0 Å². The molecule has 2 N–H and O–H groups in total. The number of hydrogen-bond acceptors (Lipinski definition) is 2. The summed E-state index contributed by atoms with van der Waals surface area (Å²) in [6.45, 7) is 10.6. The van der Waals surface area contributed by atoms with Crippen LogP contribution < -0.4 is 10.6 Å². The fourth-order valence-electron chi connectivity index (χ4n) is 3.12. The molecule has 0 aromatic heterocycles. The van der Waals surface area contributed by atoms with Crippen LogP contribution in [0.5, 0.6) is 0 Å². The van der Waals surface area contributed by atoms with Gasteiger partial charge in [0.15, 0.2) is 5.96 Å². The van der Waals surface area contributed by atoms with Crippen molar-refractivity contribution < 1.29 is 0 Å². The first-order chi connectivity index (χ1) is 11.7. The van der Waals surface area contributed by atoms with Crippen molar-refractivity contribution >= 4 is 17.6 Å². The average Bonchev–Trinajstić information content (AvgIpc) is 2.59. The predicted molar refractivity (Wildman–Crippen MR) is 104 cm³/mol. The molecule has 1 aromatic carbocycles. The molecule has 0 bridgehead atoms. The molecule has 0 atom stereocenters. The first-order valence-electron chi connectivity index (χ1n) is 9.20. The Morgan fingerprint density at radius 3 is 2.71 bits per heavy atom. The molecule has 0 aliphatic carbocycles. The lowest BCUT2D eigenvalue weighted by Crippen LogP contribution is -2.43. The second kappa shape index (κ2) is 10.6. The second-order valence-electron chi connectivity index (χ2n) is 6.49. The molecule has 1 aromatic rings. The summed E-state index contributed by atoms with van der Waals surface area (Å²) < 4.78 is 0. The molecule has 0 spiro atoms. The van der Waals surface area contributed by atoms with E-state index < -0.39 is 0 Å². The molecular weight excluding hydrogens is 320 g/mol. The topological polar surface area (TPSA) is 39.7 Å². The van der Waals surface area contributed by atoms with E-state index in [-0.39, 0.29) is 0 Å². The third kappa shape index (κ3) is 6.70. The van der Waals surface area contributed by atoms with Gasteiger partial charge < -0.3 is 15.5 Å². The van der Waals surface area contributed by atoms with Crippen LogP contribution in [0.15, 0.2) is 29.3 Å². The van der Waals surface area contributed by atoms with Crippen LogP contribution in [0, 0.1) is 5.92 Å². The maximum absolute atomic E-state index is 6.03. The molecule has 1 aliphatic rings. The molecule has 0 unspecified atom stereocenters. The van der Waals surface area contributed by atoms with Crippen LogP contribution in [-0.2, 0) is 6.54 Å². The summed E-state index contributed by atoms with van der Waals surface area (Å²) in [6.07, 6.45) is 3.81. The zero-order valence-corrected chi connectivity index (χ0v) is 15.8. The Balaban J connectivity index is 1.79. The van der Waals surface area contributed by atoms with Gasteiger partial charge in [0.25, 0.3) is 0 Å². The maximum atomic E-state index is 6.03. The SMILES string of the molecule is CCCN1CCC(CNC(=NCc2cccc(Cl)c2)NCC)CC1. The van der Waals surface area contributed by atoms with E-state index in [0.717, 1.165) is 35.6 Å². The quantitative estimate of drug-likeness (QED) is 0.584. The standard InChI is InChI=1S/C19H31ClN4/c1-3-10-24-11-8-16(9-12-24)14-22-19(21-4-2)23-15-17-6-5-7-18(20)13-17/h5-7,13,16H,3-4,8-12,14-15H2,1-2H3,(H2,21,22,23). The Hall–Kier alpha value is -1.26. The van der Waals surface area contributed by atoms with Crippen molar-refractivity contribution in [2.45, 2.75) is 39.7 Å². The largest absolute Gasteiger partial charge is 0.357 e. The lowest BCUT2D eigenvalue weighted by Gasteiger charge is -2.32. The lowest BCUT2D eigenvalue weighted by molar-refractivity contribution is 0.185. The highest BCUT2D eigenvalue weighted by atomic mass is 35.5. The van der Waals surface area contributed by atoms with Gasteiger partial charge in [-0.2, -0.15) is 0 Å². The highest BCUT2D eigenvalue weighted by molar-refractivity contribution is 6.30. The molecule has 134 valence electrons. The molecule has 0 amide bonds. The van der Waals surface area contributed by atoms with Gasteiger partial charge in [-0.15, -0.1) is 0 Å². The number of rotatable bonds is 7. The molecule has 4 nitrogen and oxygen atoms in total. The summed E-state index contributed by atoms with van der Waals surface area (Å²) in [7, 11) is 0. The molecule has 1 aliphatic heterocycles. The van der Waals surface area contributed by atoms with Crippen molar-refractivity contribution in [2.75, 3.05) is 32.7 Å². The number of aliphatic imine (C=N–C) groups is 1. The van der Waals surface area contributed by atoms with E-state index >= 15 is 0 Å². The summed E-state index contributed by atoms with van der Waals surface area (Å²) >= 11 is 6.03. The molecule has 0 saturated carbocycles. The van der Waals surface area contributed by atoms with Crippen LogP contribution in [0.2, 0.25) is 5.02 Å². The summed E-state index contributed by atoms with van der Waals surface area (Å²) in [6, 6.07) is 7.89. The lowest BCUT2D eigenvalue weighted by atomic mass is 9.97. The van der Waals surface area contributed by atoms with E-state index in [1.165, 1.54) is 38.9 Å². The van der Waals surface area contributed by atoms with Crippen molar-refractivity contribution in [3.63, 3.8) is 0 Å². The van der Waals surface area contributed by atoms with Gasteiger partial charge in [-0.25, -0.2) is 4.99 Å². The van der Waals surface area contributed by atoms with Crippen LogP contribution in [0.4, 0.5) is 0 Å². The Morgan fingerprint density at radius 2 is 2.04 bits per heavy atom. The van der Waals surface area contributed by atoms with Crippen LogP contribution in [0.1, 0.15) is 38.7 Å². The van der Waals surface area contributed by atoms with Crippen LogP contribution in [-0.4, -0.2) is 43.6 Å². The highest BCUT2D eigenvalue weighted by Crippen LogP contribution is 2.16. The normalized spacial score (nSPS) is 17.0. The summed E-state index contributed by atoms with van der Waals surface area (Å²) in [5, 5.41) is 7.60. The molecule has 1 saturated heterocycles. The zero-order chi connectivity index (χ0) is 17.2. The van der Waals surface area contributed by atoms with Crippen molar-refractivity contribution in [1.82, 2.24) is 15.5 Å². The van der Waals surface area contributed by atoms with E-state index in [4.69, 9.17) is 11.6 Å². The van der Waals surface area contributed by atoms with E-state index in [9.17, 15) is 0 Å². The Bertz CT molecular complexity index is 510. The second-order valence-corrected chi connectivity index (χ2v) is 6.93. The minimum atomic E-state index is 0.644. The number of nitrogens with zero attached hydrogens (tertiary/aromatic N) is 2. The molecule has 24 heavy (non-hydrogen) atoms. The summed E-state index contributed by atoms with van der Waals surface area (Å²) in [5.41, 5.74) is 1.13. The zero-order valence-electron chi connectivity index (χ0n) is 15.0. The van der Waals surface area contributed by atoms with E-state index in [1.807, 2.05) is 18.2 Å². The molecule has 5 heteroatoms. The third-order valence-corrected chi connectivity index (χ3v) is 4.69. The van der Waals surface area contributed by atoms with Crippen LogP contribution >= 0.6 is 11.6 Å². The smallest absolute Gasteiger partial charge is 0.191 e. The van der Waals surface area contributed by atoms with Crippen molar-refractivity contribution in [3.8, 4) is 0 Å². The minimum absolute atomic E-state index is 0.644. The Labute approximate surface area is 151 Å². The van der Waals surface area contributed by atoms with Gasteiger partial charge in [-0.3, -0.25) is 0 Å². The predicted octanol–water partition coefficient (Wildman–Crippen LogP) is 3.52. The number of likely N-dealkylation sites (tertiary alicyclic amines) is 1. The number of guanidine groups is 1. The van der Waals surface area contributed by atoms with Gasteiger partial charge in [0.2, 0.25) is 0 Å². The fourth-order valence-corrected chi connectivity index (χ4v) is 3.33. The first-order valence-corrected chi connectivity index (χ1v) is 9.58. The van der Waals surface area contributed by atoms with E-state index in [1.54, 1.807) is 0 Å². The van der Waals surface area contributed by atoms with E-state index in [0.29, 0.717) is 6.54 Å². The fraction of sp³-hybridized carbons (Fsp3) is 0.632. The van der Waals surface area contributed by atoms with Gasteiger partial charge in [-0.1, -0.05) is 30.7 Å². The number of benzene rings is 1. The maximum Gasteiger partial charge on any atom is 0.191 e. The van der Waals surface area contributed by atoms with Crippen molar-refractivity contribution in [3.05, 3.63) is 34.9 Å². The molecule has 1 heterocycles. The number of piperidine rings is 1. The number of nitrogens with one attached hydrogen (secondary N) is 2. The summed E-state index contributed by atoms with van der Waals surface area (Å²) in [4.78, 5) is 7.26. The van der Waals surface area contributed by atoms with E-state index in [2.05, 4.69) is 40.4 Å². The monoisotopic (exact) mass is 350 g/mol. The Kier molecular flexibility index (Phi) is 8.40. The highest BCUT2D eigenvalue weighted by Gasteiger charge is 2.18. The van der Waals surface area contributed by atoms with Crippen LogP contribution in [0.3, 0.4) is 0 Å². The summed E-state index contributed by atoms with van der Waals surface area (Å²) in [5.74, 6) is 1.64.